The van der Waals surface area contributed by atoms with Gasteiger partial charge in [0.25, 0.3) is 0 Å². The molecule has 0 N–H and O–H groups in total. The summed E-state index contributed by atoms with van der Waals surface area (Å²) >= 11 is 8.50. The van der Waals surface area contributed by atoms with E-state index in [1.165, 1.54) is 57.2 Å². The Balaban J connectivity index is 2.85. The Labute approximate surface area is 167 Å². The van der Waals surface area contributed by atoms with Crippen LogP contribution >= 0.6 is 34.2 Å². The molecule has 0 aliphatic carbocycles. The minimum Gasteiger partial charge on any atom is -0.303 e. The highest BCUT2D eigenvalue weighted by Crippen LogP contribution is 2.24. The molecule has 3 heteroatoms. The molecule has 0 spiro atoms. The second-order valence-corrected chi connectivity index (χ2v) is 8.30. The van der Waals surface area contributed by atoms with Crippen molar-refractivity contribution in [3.05, 3.63) is 34.9 Å². The fourth-order valence-electron chi connectivity index (χ4n) is 3.19. The third-order valence-electron chi connectivity index (χ3n) is 4.79. The van der Waals surface area contributed by atoms with Gasteiger partial charge in [-0.1, -0.05) is 50.4 Å². The van der Waals surface area contributed by atoms with Crippen LogP contribution in [0.25, 0.3) is 0 Å². The molecular weight excluding hydrogens is 429 g/mol. The van der Waals surface area contributed by atoms with Gasteiger partial charge in [-0.05, 0) is 49.3 Å². The van der Waals surface area contributed by atoms with Crippen molar-refractivity contribution in [2.75, 3.05) is 19.6 Å². The highest BCUT2D eigenvalue weighted by atomic mass is 127. The number of hydrogen-bond donors (Lipinski definition) is 0. The van der Waals surface area contributed by atoms with Crippen LogP contribution in [0, 0.1) is 12.3 Å². The lowest BCUT2D eigenvalue weighted by atomic mass is 10.1. The van der Waals surface area contributed by atoms with Crippen molar-refractivity contribution in [2.45, 2.75) is 62.8 Å². The fraction of sp³-hybridized carbons (Fsp3) is 0.619. The molecule has 1 aromatic rings. The smallest absolute Gasteiger partial charge is 0.200 e. The van der Waals surface area contributed by atoms with E-state index in [1.807, 2.05) is 12.1 Å². The molecule has 1 rings (SSSR count). The Morgan fingerprint density at radius 1 is 1.00 bits per heavy atom. The van der Waals surface area contributed by atoms with E-state index in [2.05, 4.69) is 54.5 Å². The van der Waals surface area contributed by atoms with Crippen LogP contribution in [-0.2, 0) is 6.42 Å². The lowest BCUT2D eigenvalue weighted by Gasteiger charge is -2.41. The standard InChI is InChI=1S/C21H32ClIN/c1-4-7-9-16-24(21(23)6-3,17-10-8-5-2)18-15-19-11-13-20(22)14-12-19/h3,11-14,21H,4-5,7-10,15-18H2,1-2H3/q+1. The largest absolute Gasteiger partial charge is 0.303 e. The number of unbranched alkanes of at least 4 members (excludes halogenated alkanes) is 4. The van der Waals surface area contributed by atoms with Gasteiger partial charge in [-0.3, -0.25) is 0 Å². The molecule has 0 saturated heterocycles. The van der Waals surface area contributed by atoms with Gasteiger partial charge in [-0.15, -0.1) is 6.42 Å². The number of benzene rings is 1. The zero-order valence-electron chi connectivity index (χ0n) is 15.2. The molecule has 134 valence electrons. The first-order chi connectivity index (χ1) is 11.6. The van der Waals surface area contributed by atoms with Crippen molar-refractivity contribution in [1.29, 1.82) is 0 Å². The molecule has 1 aromatic carbocycles. The molecule has 0 saturated carbocycles. The minimum absolute atomic E-state index is 0.253. The molecule has 0 aliphatic heterocycles. The van der Waals surface area contributed by atoms with Gasteiger partial charge in [-0.2, -0.15) is 0 Å². The van der Waals surface area contributed by atoms with Gasteiger partial charge in [-0.25, -0.2) is 0 Å². The van der Waals surface area contributed by atoms with Crippen LogP contribution in [0.3, 0.4) is 0 Å². The van der Waals surface area contributed by atoms with Crippen LogP contribution in [0.1, 0.15) is 57.9 Å². The van der Waals surface area contributed by atoms with Crippen LogP contribution in [-0.4, -0.2) is 28.2 Å². The number of terminal acetylenes is 1. The second kappa shape index (κ2) is 12.2. The molecule has 0 fully saturated rings. The first-order valence-corrected chi connectivity index (χ1v) is 10.9. The van der Waals surface area contributed by atoms with Crippen molar-refractivity contribution < 1.29 is 4.48 Å². The van der Waals surface area contributed by atoms with Crippen LogP contribution in [0.4, 0.5) is 0 Å². The lowest BCUT2D eigenvalue weighted by molar-refractivity contribution is -0.927. The predicted octanol–water partition coefficient (Wildman–Crippen LogP) is 6.47. The summed E-state index contributed by atoms with van der Waals surface area (Å²) in [4.78, 5) is 0. The molecule has 1 nitrogen and oxygen atoms in total. The summed E-state index contributed by atoms with van der Waals surface area (Å²) in [6.45, 7) is 8.04. The maximum Gasteiger partial charge on any atom is 0.200 e. The Bertz CT molecular complexity index is 482. The number of hydrogen-bond acceptors (Lipinski definition) is 0. The Kier molecular flexibility index (Phi) is 11.1. The molecule has 0 aliphatic rings. The number of halogens is 2. The van der Waals surface area contributed by atoms with E-state index in [-0.39, 0.29) is 4.05 Å². The average Bonchev–Trinajstić information content (AvgIpc) is 2.60. The monoisotopic (exact) mass is 460 g/mol. The molecule has 1 unspecified atom stereocenters. The van der Waals surface area contributed by atoms with Crippen molar-refractivity contribution >= 4 is 34.2 Å². The number of alkyl halides is 1. The molecule has 1 atom stereocenters. The van der Waals surface area contributed by atoms with E-state index < -0.39 is 0 Å². The summed E-state index contributed by atoms with van der Waals surface area (Å²) < 4.78 is 1.31. The zero-order chi connectivity index (χ0) is 17.8. The molecule has 0 radical (unpaired) electrons. The quantitative estimate of drug-likeness (QED) is 0.0837. The number of rotatable bonds is 12. The topological polar surface area (TPSA) is 0 Å². The van der Waals surface area contributed by atoms with Crippen molar-refractivity contribution in [1.82, 2.24) is 0 Å². The van der Waals surface area contributed by atoms with E-state index in [1.54, 1.807) is 0 Å². The summed E-state index contributed by atoms with van der Waals surface area (Å²) in [6.07, 6.45) is 14.6. The van der Waals surface area contributed by atoms with Crippen molar-refractivity contribution in [2.24, 2.45) is 0 Å². The van der Waals surface area contributed by atoms with Gasteiger partial charge >= 0.3 is 0 Å². The Morgan fingerprint density at radius 2 is 1.54 bits per heavy atom. The molecule has 0 heterocycles. The molecular formula is C21H32ClIN+. The van der Waals surface area contributed by atoms with E-state index >= 15 is 0 Å². The van der Waals surface area contributed by atoms with E-state index in [0.29, 0.717) is 0 Å². The molecule has 24 heavy (non-hydrogen) atoms. The normalized spacial score (nSPS) is 12.8. The van der Waals surface area contributed by atoms with E-state index in [0.717, 1.165) is 22.5 Å². The maximum atomic E-state index is 6.01. The van der Waals surface area contributed by atoms with Crippen molar-refractivity contribution in [3.63, 3.8) is 0 Å². The van der Waals surface area contributed by atoms with Gasteiger partial charge in [0.2, 0.25) is 4.05 Å². The highest BCUT2D eigenvalue weighted by Gasteiger charge is 2.32. The number of quaternary nitrogens is 1. The Hall–Kier alpha value is -0.240. The summed E-state index contributed by atoms with van der Waals surface area (Å²) in [5.74, 6) is 3.04. The fourth-order valence-corrected chi connectivity index (χ4v) is 4.15. The third-order valence-corrected chi connectivity index (χ3v) is 6.58. The average molecular weight is 461 g/mol. The van der Waals surface area contributed by atoms with Crippen LogP contribution < -0.4 is 0 Å². The zero-order valence-corrected chi connectivity index (χ0v) is 18.2. The van der Waals surface area contributed by atoms with Crippen LogP contribution in [0.2, 0.25) is 5.02 Å². The van der Waals surface area contributed by atoms with Crippen LogP contribution in [0.15, 0.2) is 24.3 Å². The van der Waals surface area contributed by atoms with Crippen molar-refractivity contribution in [3.8, 4) is 12.3 Å². The van der Waals surface area contributed by atoms with E-state index in [9.17, 15) is 0 Å². The van der Waals surface area contributed by atoms with E-state index in [4.69, 9.17) is 18.0 Å². The van der Waals surface area contributed by atoms with Gasteiger partial charge in [0.05, 0.1) is 19.6 Å². The number of nitrogens with zero attached hydrogens (tertiary/aromatic N) is 1. The summed E-state index contributed by atoms with van der Waals surface area (Å²) in [5, 5.41) is 0.806. The first kappa shape index (κ1) is 21.8. The lowest BCUT2D eigenvalue weighted by Crippen LogP contribution is -2.54. The minimum atomic E-state index is 0.253. The van der Waals surface area contributed by atoms with Gasteiger partial charge in [0.15, 0.2) is 0 Å². The third kappa shape index (κ3) is 7.33. The maximum absolute atomic E-state index is 6.01. The first-order valence-electron chi connectivity index (χ1n) is 9.28. The van der Waals surface area contributed by atoms with Gasteiger partial charge < -0.3 is 4.48 Å². The highest BCUT2D eigenvalue weighted by molar-refractivity contribution is 14.1. The Morgan fingerprint density at radius 3 is 2.00 bits per heavy atom. The molecule has 0 aromatic heterocycles. The van der Waals surface area contributed by atoms with Crippen LogP contribution in [0.5, 0.6) is 0 Å². The summed E-state index contributed by atoms with van der Waals surface area (Å²) in [7, 11) is 0. The molecule has 0 bridgehead atoms. The SMILES string of the molecule is C#CC(I)[N+](CCCCC)(CCCCC)CCc1ccc(Cl)cc1. The predicted molar refractivity (Wildman–Crippen MR) is 116 cm³/mol. The summed E-state index contributed by atoms with van der Waals surface area (Å²) in [5.41, 5.74) is 1.36. The van der Waals surface area contributed by atoms with Gasteiger partial charge in [0.1, 0.15) is 0 Å². The van der Waals surface area contributed by atoms with Gasteiger partial charge in [0, 0.05) is 34.0 Å². The molecule has 0 amide bonds. The second-order valence-electron chi connectivity index (χ2n) is 6.68. The summed E-state index contributed by atoms with van der Waals surface area (Å²) in [6, 6.07) is 8.27.